The highest BCUT2D eigenvalue weighted by Crippen LogP contribution is 2.44. The molecule has 2 aromatic rings. The van der Waals surface area contributed by atoms with Crippen molar-refractivity contribution >= 4 is 40.1 Å². The Labute approximate surface area is 165 Å². The van der Waals surface area contributed by atoms with Crippen LogP contribution < -0.4 is 10.6 Å². The first-order chi connectivity index (χ1) is 13.0. The van der Waals surface area contributed by atoms with Crippen LogP contribution in [0.1, 0.15) is 21.3 Å². The third-order valence-electron chi connectivity index (χ3n) is 4.32. The van der Waals surface area contributed by atoms with Gasteiger partial charge in [-0.05, 0) is 29.2 Å². The Morgan fingerprint density at radius 1 is 1.29 bits per heavy atom. The fraction of sp³-hybridized carbons (Fsp3) is 0.250. The third-order valence-corrected chi connectivity index (χ3v) is 5.42. The van der Waals surface area contributed by atoms with Gasteiger partial charge in [0.15, 0.2) is 10.9 Å². The van der Waals surface area contributed by atoms with Crippen molar-refractivity contribution in [1.82, 2.24) is 10.6 Å². The maximum absolute atomic E-state index is 13.8. The van der Waals surface area contributed by atoms with Crippen LogP contribution in [-0.2, 0) is 0 Å². The number of ketones is 1. The molecular formula is C16H12F3N3O4S2. The molecule has 3 unspecified atom stereocenters. The highest BCUT2D eigenvalue weighted by molar-refractivity contribution is 7.80. The normalized spacial score (nSPS) is 24.9. The monoisotopic (exact) mass is 431 g/mol. The summed E-state index contributed by atoms with van der Waals surface area (Å²) in [6.07, 6.45) is -5.23. The SMILES string of the molecule is O=C(c1cccs1)C1C(c2ccc([N+](=O)[O-])cc2)NC(=S)NC1(O)C(F)(F)F. The van der Waals surface area contributed by atoms with Gasteiger partial charge < -0.3 is 15.7 Å². The number of Topliss-reactive ketones (excluding diaryl/α,β-unsaturated/α-hetero) is 1. The van der Waals surface area contributed by atoms with E-state index in [4.69, 9.17) is 12.2 Å². The standard InChI is InChI=1S/C16H12F3N3O4S2/c17-16(18,19)15(24)11(13(23)10-2-1-7-28-10)12(20-14(27)21-15)8-3-5-9(6-4-8)22(25)26/h1-7,11-12,24H,(H2,20,21,27). The molecule has 1 aliphatic heterocycles. The molecule has 0 bridgehead atoms. The molecule has 3 rings (SSSR count). The van der Waals surface area contributed by atoms with E-state index in [2.05, 4.69) is 5.32 Å². The summed E-state index contributed by atoms with van der Waals surface area (Å²) >= 11 is 5.74. The van der Waals surface area contributed by atoms with Crippen LogP contribution in [-0.4, -0.2) is 32.8 Å². The maximum atomic E-state index is 13.8. The average Bonchev–Trinajstić information content (AvgIpc) is 3.14. The zero-order chi connectivity index (χ0) is 20.7. The first kappa shape index (κ1) is 20.2. The number of nitrogens with zero attached hydrogens (tertiary/aromatic N) is 1. The van der Waals surface area contributed by atoms with Crippen molar-refractivity contribution in [2.45, 2.75) is 17.9 Å². The smallest absolute Gasteiger partial charge is 0.363 e. The van der Waals surface area contributed by atoms with E-state index in [1.54, 1.807) is 5.32 Å². The molecule has 0 aliphatic carbocycles. The van der Waals surface area contributed by atoms with Crippen LogP contribution in [0.5, 0.6) is 0 Å². The number of non-ortho nitro benzene ring substituents is 1. The minimum Gasteiger partial charge on any atom is -0.363 e. The number of nitrogens with one attached hydrogen (secondary N) is 2. The van der Waals surface area contributed by atoms with Crippen molar-refractivity contribution in [3.05, 3.63) is 62.3 Å². The molecular weight excluding hydrogens is 419 g/mol. The van der Waals surface area contributed by atoms with E-state index in [0.717, 1.165) is 23.5 Å². The van der Waals surface area contributed by atoms with Crippen LogP contribution in [0.2, 0.25) is 0 Å². The Kier molecular flexibility index (Phi) is 5.12. The van der Waals surface area contributed by atoms with Crippen LogP contribution in [0.25, 0.3) is 0 Å². The zero-order valence-corrected chi connectivity index (χ0v) is 15.4. The second-order valence-electron chi connectivity index (χ2n) is 6.01. The van der Waals surface area contributed by atoms with Crippen LogP contribution >= 0.6 is 23.6 Å². The van der Waals surface area contributed by atoms with Gasteiger partial charge in [0, 0.05) is 12.1 Å². The Morgan fingerprint density at radius 2 is 1.93 bits per heavy atom. The van der Waals surface area contributed by atoms with Gasteiger partial charge in [-0.3, -0.25) is 14.9 Å². The first-order valence-corrected chi connectivity index (χ1v) is 9.03. The highest BCUT2D eigenvalue weighted by Gasteiger charge is 2.65. The highest BCUT2D eigenvalue weighted by atomic mass is 32.1. The molecule has 1 aromatic carbocycles. The van der Waals surface area contributed by atoms with Gasteiger partial charge in [-0.15, -0.1) is 11.3 Å². The van der Waals surface area contributed by atoms with Crippen molar-refractivity contribution in [2.24, 2.45) is 5.92 Å². The summed E-state index contributed by atoms with van der Waals surface area (Å²) in [7, 11) is 0. The Hall–Kier alpha value is -2.57. The number of halogens is 3. The van der Waals surface area contributed by atoms with E-state index in [9.17, 15) is 33.2 Å². The van der Waals surface area contributed by atoms with Gasteiger partial charge in [-0.25, -0.2) is 0 Å². The molecule has 1 aromatic heterocycles. The van der Waals surface area contributed by atoms with E-state index in [1.165, 1.54) is 29.6 Å². The van der Waals surface area contributed by atoms with Gasteiger partial charge in [-0.1, -0.05) is 18.2 Å². The summed E-state index contributed by atoms with van der Waals surface area (Å²) in [5.74, 6) is -2.97. The maximum Gasteiger partial charge on any atom is 0.437 e. The molecule has 3 N–H and O–H groups in total. The fourth-order valence-corrected chi connectivity index (χ4v) is 3.98. The molecule has 1 saturated heterocycles. The third kappa shape index (κ3) is 3.45. The summed E-state index contributed by atoms with van der Waals surface area (Å²) in [6.45, 7) is 0. The number of nitro benzene ring substituents is 1. The number of nitro groups is 1. The van der Waals surface area contributed by atoms with Crippen molar-refractivity contribution in [3.8, 4) is 0 Å². The predicted molar refractivity (Wildman–Crippen MR) is 97.9 cm³/mol. The number of rotatable bonds is 4. The minimum absolute atomic E-state index is 0.0241. The van der Waals surface area contributed by atoms with Crippen LogP contribution in [0.4, 0.5) is 18.9 Å². The topological polar surface area (TPSA) is 104 Å². The molecule has 1 fully saturated rings. The lowest BCUT2D eigenvalue weighted by Crippen LogP contribution is -2.72. The van der Waals surface area contributed by atoms with E-state index < -0.39 is 39.7 Å². The van der Waals surface area contributed by atoms with Gasteiger partial charge >= 0.3 is 6.18 Å². The van der Waals surface area contributed by atoms with Crippen molar-refractivity contribution in [3.63, 3.8) is 0 Å². The Bertz CT molecular complexity index is 918. The summed E-state index contributed by atoms with van der Waals surface area (Å²) in [5.41, 5.74) is -3.76. The lowest BCUT2D eigenvalue weighted by molar-refractivity contribution is -0.384. The Balaban J connectivity index is 2.12. The first-order valence-electron chi connectivity index (χ1n) is 7.74. The van der Waals surface area contributed by atoms with Crippen LogP contribution in [0.3, 0.4) is 0 Å². The molecule has 28 heavy (non-hydrogen) atoms. The number of hydrogen-bond acceptors (Lipinski definition) is 6. The summed E-state index contributed by atoms with van der Waals surface area (Å²) < 4.78 is 41.3. The van der Waals surface area contributed by atoms with Gasteiger partial charge in [0.2, 0.25) is 5.72 Å². The van der Waals surface area contributed by atoms with E-state index in [-0.39, 0.29) is 16.1 Å². The molecule has 0 amide bonds. The van der Waals surface area contributed by atoms with Gasteiger partial charge in [0.1, 0.15) is 5.92 Å². The quantitative estimate of drug-likeness (QED) is 0.296. The van der Waals surface area contributed by atoms with E-state index in [0.29, 0.717) is 0 Å². The predicted octanol–water partition coefficient (Wildman–Crippen LogP) is 2.93. The van der Waals surface area contributed by atoms with Crippen molar-refractivity contribution in [2.75, 3.05) is 0 Å². The second kappa shape index (κ2) is 7.11. The van der Waals surface area contributed by atoms with Crippen molar-refractivity contribution in [1.29, 1.82) is 0 Å². The second-order valence-corrected chi connectivity index (χ2v) is 7.36. The lowest BCUT2D eigenvalue weighted by Gasteiger charge is -2.46. The molecule has 1 aliphatic rings. The number of hydrogen-bond donors (Lipinski definition) is 3. The number of benzene rings is 1. The number of thiophene rings is 1. The van der Waals surface area contributed by atoms with Gasteiger partial charge in [0.05, 0.1) is 15.8 Å². The number of thiocarbonyl (C=S) groups is 1. The molecule has 12 heteroatoms. The summed E-state index contributed by atoms with van der Waals surface area (Å²) in [6, 6.07) is 6.12. The lowest BCUT2D eigenvalue weighted by atomic mass is 9.78. The molecule has 0 radical (unpaired) electrons. The van der Waals surface area contributed by atoms with E-state index in [1.807, 2.05) is 0 Å². The number of alkyl halides is 3. The minimum atomic E-state index is -5.23. The number of carbonyl (C=O) groups excluding carboxylic acids is 1. The van der Waals surface area contributed by atoms with Gasteiger partial charge in [0.25, 0.3) is 5.69 Å². The molecule has 0 spiro atoms. The average molecular weight is 431 g/mol. The van der Waals surface area contributed by atoms with Crippen LogP contribution in [0, 0.1) is 16.0 Å². The number of aliphatic hydroxyl groups is 1. The molecule has 7 nitrogen and oxygen atoms in total. The molecule has 148 valence electrons. The molecule has 3 atom stereocenters. The number of carbonyl (C=O) groups is 1. The van der Waals surface area contributed by atoms with Crippen molar-refractivity contribution < 1.29 is 28.0 Å². The zero-order valence-electron chi connectivity index (χ0n) is 13.8. The fourth-order valence-electron chi connectivity index (χ4n) is 2.99. The van der Waals surface area contributed by atoms with Crippen LogP contribution in [0.15, 0.2) is 41.8 Å². The molecule has 0 saturated carbocycles. The summed E-state index contributed by atoms with van der Waals surface area (Å²) in [4.78, 5) is 23.1. The van der Waals surface area contributed by atoms with Gasteiger partial charge in [-0.2, -0.15) is 13.2 Å². The molecule has 2 heterocycles. The van der Waals surface area contributed by atoms with E-state index >= 15 is 0 Å². The largest absolute Gasteiger partial charge is 0.437 e. The Morgan fingerprint density at radius 3 is 2.43 bits per heavy atom. The summed E-state index contributed by atoms with van der Waals surface area (Å²) in [5, 5.41) is 26.7.